The second-order valence-corrected chi connectivity index (χ2v) is 8.56. The summed E-state index contributed by atoms with van der Waals surface area (Å²) in [6.07, 6.45) is 0.411. The van der Waals surface area contributed by atoms with E-state index in [9.17, 15) is 9.59 Å². The molecular formula is C20H21IN2O2S. The summed E-state index contributed by atoms with van der Waals surface area (Å²) in [5.41, 5.74) is 3.46. The molecule has 0 unspecified atom stereocenters. The molecule has 0 bridgehead atoms. The Morgan fingerprint density at radius 2 is 1.81 bits per heavy atom. The van der Waals surface area contributed by atoms with Crippen molar-refractivity contribution >= 4 is 51.9 Å². The summed E-state index contributed by atoms with van der Waals surface area (Å²) in [6, 6.07) is 13.2. The Morgan fingerprint density at radius 1 is 1.12 bits per heavy atom. The number of anilines is 1. The van der Waals surface area contributed by atoms with E-state index >= 15 is 0 Å². The van der Waals surface area contributed by atoms with Crippen molar-refractivity contribution in [3.05, 3.63) is 62.7 Å². The third-order valence-corrected chi connectivity index (χ3v) is 6.74. The molecule has 0 spiro atoms. The van der Waals surface area contributed by atoms with Crippen molar-refractivity contribution in [2.75, 3.05) is 29.9 Å². The lowest BCUT2D eigenvalue weighted by Gasteiger charge is -2.26. The van der Waals surface area contributed by atoms with Crippen molar-refractivity contribution in [2.45, 2.75) is 13.3 Å². The number of thioether (sulfide) groups is 1. The monoisotopic (exact) mass is 480 g/mol. The van der Waals surface area contributed by atoms with Crippen LogP contribution >= 0.6 is 34.4 Å². The number of rotatable bonds is 4. The molecule has 3 rings (SSSR count). The zero-order valence-electron chi connectivity index (χ0n) is 14.6. The molecule has 2 aromatic rings. The number of aryl methyl sites for hydroxylation is 1. The molecule has 1 aliphatic rings. The quantitative estimate of drug-likeness (QED) is 0.674. The topological polar surface area (TPSA) is 49.4 Å². The second-order valence-electron chi connectivity index (χ2n) is 6.26. The zero-order chi connectivity index (χ0) is 18.5. The van der Waals surface area contributed by atoms with Gasteiger partial charge in [-0.2, -0.15) is 11.8 Å². The van der Waals surface area contributed by atoms with Gasteiger partial charge in [0.15, 0.2) is 0 Å². The largest absolute Gasteiger partial charge is 0.341 e. The average Bonchev–Trinajstić information content (AvgIpc) is 2.66. The van der Waals surface area contributed by atoms with Crippen molar-refractivity contribution in [3.8, 4) is 0 Å². The summed E-state index contributed by atoms with van der Waals surface area (Å²) in [5, 5.41) is 2.93. The Labute approximate surface area is 171 Å². The van der Waals surface area contributed by atoms with E-state index in [1.54, 1.807) is 0 Å². The first kappa shape index (κ1) is 19.2. The molecule has 1 heterocycles. The van der Waals surface area contributed by atoms with Gasteiger partial charge < -0.3 is 10.2 Å². The van der Waals surface area contributed by atoms with E-state index in [2.05, 4.69) is 27.9 Å². The molecule has 4 nitrogen and oxygen atoms in total. The first-order valence-electron chi connectivity index (χ1n) is 8.55. The minimum atomic E-state index is -0.118. The molecule has 1 fully saturated rings. The molecule has 2 amide bonds. The van der Waals surface area contributed by atoms with E-state index in [0.29, 0.717) is 12.0 Å². The number of hydrogen-bond acceptors (Lipinski definition) is 3. The smallest absolute Gasteiger partial charge is 0.256 e. The summed E-state index contributed by atoms with van der Waals surface area (Å²) in [4.78, 5) is 26.7. The van der Waals surface area contributed by atoms with Crippen LogP contribution in [0.3, 0.4) is 0 Å². The van der Waals surface area contributed by atoms with Gasteiger partial charge in [0.2, 0.25) is 5.91 Å². The molecule has 2 aromatic carbocycles. The van der Waals surface area contributed by atoms with E-state index in [1.165, 1.54) is 0 Å². The van der Waals surface area contributed by atoms with Crippen LogP contribution in [0.5, 0.6) is 0 Å². The number of halogens is 1. The number of amides is 2. The average molecular weight is 480 g/mol. The number of benzene rings is 2. The van der Waals surface area contributed by atoms with E-state index < -0.39 is 0 Å². The highest BCUT2D eigenvalue weighted by atomic mass is 127. The molecule has 136 valence electrons. The summed E-state index contributed by atoms with van der Waals surface area (Å²) in [5.74, 6) is 2.10. The maximum Gasteiger partial charge on any atom is 0.256 e. The Kier molecular flexibility index (Phi) is 6.58. The lowest BCUT2D eigenvalue weighted by Crippen LogP contribution is -2.38. The Hall–Kier alpha value is -1.54. The van der Waals surface area contributed by atoms with Crippen LogP contribution in [0.25, 0.3) is 0 Å². The van der Waals surface area contributed by atoms with Gasteiger partial charge in [-0.25, -0.2) is 0 Å². The van der Waals surface area contributed by atoms with Crippen LogP contribution in [-0.2, 0) is 11.2 Å². The number of hydrogen-bond donors (Lipinski definition) is 1. The highest BCUT2D eigenvalue weighted by Crippen LogP contribution is 2.19. The second kappa shape index (κ2) is 8.90. The number of carbonyl (C=O) groups excluding carboxylic acids is 2. The molecule has 0 saturated carbocycles. The molecular weight excluding hydrogens is 459 g/mol. The van der Waals surface area contributed by atoms with Gasteiger partial charge in [0.05, 0.1) is 12.0 Å². The van der Waals surface area contributed by atoms with Gasteiger partial charge in [0, 0.05) is 33.9 Å². The van der Waals surface area contributed by atoms with Gasteiger partial charge in [-0.3, -0.25) is 9.59 Å². The molecule has 1 saturated heterocycles. The lowest BCUT2D eigenvalue weighted by atomic mass is 10.1. The third-order valence-electron chi connectivity index (χ3n) is 4.37. The number of nitrogens with one attached hydrogen (secondary N) is 1. The molecule has 0 aromatic heterocycles. The van der Waals surface area contributed by atoms with Crippen molar-refractivity contribution < 1.29 is 9.59 Å². The van der Waals surface area contributed by atoms with Crippen molar-refractivity contribution in [3.63, 3.8) is 0 Å². The zero-order valence-corrected chi connectivity index (χ0v) is 17.6. The molecule has 0 aliphatic carbocycles. The first-order chi connectivity index (χ1) is 12.5. The Morgan fingerprint density at radius 3 is 2.50 bits per heavy atom. The molecule has 26 heavy (non-hydrogen) atoms. The highest BCUT2D eigenvalue weighted by molar-refractivity contribution is 14.1. The Bertz CT molecular complexity index is 802. The van der Waals surface area contributed by atoms with Crippen LogP contribution in [0.15, 0.2) is 42.5 Å². The van der Waals surface area contributed by atoms with Crippen molar-refractivity contribution in [1.29, 1.82) is 0 Å². The van der Waals surface area contributed by atoms with Crippen molar-refractivity contribution in [1.82, 2.24) is 4.90 Å². The van der Waals surface area contributed by atoms with Crippen LogP contribution in [0.2, 0.25) is 0 Å². The van der Waals surface area contributed by atoms with Crippen LogP contribution in [0.4, 0.5) is 5.69 Å². The molecule has 0 atom stereocenters. The third kappa shape index (κ3) is 4.79. The van der Waals surface area contributed by atoms with Gasteiger partial charge in [-0.05, 0) is 58.8 Å². The van der Waals surface area contributed by atoms with Gasteiger partial charge in [0.25, 0.3) is 5.91 Å². The predicted octanol–water partition coefficient (Wildman–Crippen LogP) is 3.97. The Balaban J connectivity index is 1.61. The van der Waals surface area contributed by atoms with E-state index in [-0.39, 0.29) is 11.8 Å². The fourth-order valence-corrected chi connectivity index (χ4v) is 4.33. The van der Waals surface area contributed by atoms with Gasteiger partial charge in [0.1, 0.15) is 0 Å². The highest BCUT2D eigenvalue weighted by Gasteiger charge is 2.17. The van der Waals surface area contributed by atoms with E-state index in [4.69, 9.17) is 0 Å². The molecule has 0 radical (unpaired) electrons. The van der Waals surface area contributed by atoms with E-state index in [1.807, 2.05) is 66.1 Å². The molecule has 6 heteroatoms. The standard InChI is InChI=1S/C20H21IN2O2S/c1-14-3-2-4-17(19(14)21)20(25)22-16-7-5-15(6-8-16)13-18(24)23-9-11-26-12-10-23/h2-8H,9-13H2,1H3,(H,22,25). The predicted molar refractivity (Wildman–Crippen MR) is 116 cm³/mol. The van der Waals surface area contributed by atoms with Crippen molar-refractivity contribution in [2.24, 2.45) is 0 Å². The first-order valence-corrected chi connectivity index (χ1v) is 10.8. The number of carbonyl (C=O) groups is 2. The fourth-order valence-electron chi connectivity index (χ4n) is 2.83. The summed E-state index contributed by atoms with van der Waals surface area (Å²) in [7, 11) is 0. The van der Waals surface area contributed by atoms with Crippen LogP contribution in [-0.4, -0.2) is 41.3 Å². The number of nitrogens with zero attached hydrogens (tertiary/aromatic N) is 1. The fraction of sp³-hybridized carbons (Fsp3) is 0.300. The van der Waals surface area contributed by atoms with E-state index in [0.717, 1.165) is 45.0 Å². The summed E-state index contributed by atoms with van der Waals surface area (Å²) in [6.45, 7) is 3.67. The maximum absolute atomic E-state index is 12.5. The minimum absolute atomic E-state index is 0.118. The normalized spacial score (nSPS) is 14.2. The lowest BCUT2D eigenvalue weighted by molar-refractivity contribution is -0.130. The molecule has 1 aliphatic heterocycles. The molecule has 1 N–H and O–H groups in total. The summed E-state index contributed by atoms with van der Waals surface area (Å²) < 4.78 is 0.963. The van der Waals surface area contributed by atoms with Crippen LogP contribution in [0, 0.1) is 10.5 Å². The van der Waals surface area contributed by atoms with Crippen LogP contribution in [0.1, 0.15) is 21.5 Å². The van der Waals surface area contributed by atoms with Gasteiger partial charge in [-0.15, -0.1) is 0 Å². The van der Waals surface area contributed by atoms with Gasteiger partial charge >= 0.3 is 0 Å². The SMILES string of the molecule is Cc1cccc(C(=O)Nc2ccc(CC(=O)N3CCSCC3)cc2)c1I. The van der Waals surface area contributed by atoms with Crippen LogP contribution < -0.4 is 5.32 Å². The maximum atomic E-state index is 12.5. The van der Waals surface area contributed by atoms with Gasteiger partial charge in [-0.1, -0.05) is 24.3 Å². The summed E-state index contributed by atoms with van der Waals surface area (Å²) >= 11 is 4.09. The minimum Gasteiger partial charge on any atom is -0.341 e.